The van der Waals surface area contributed by atoms with E-state index in [9.17, 15) is 13.2 Å². The molecule has 1 N–H and O–H groups in total. The predicted octanol–water partition coefficient (Wildman–Crippen LogP) is 3.90. The number of alkyl halides is 3. The van der Waals surface area contributed by atoms with Crippen LogP contribution < -0.4 is 5.32 Å². The lowest BCUT2D eigenvalue weighted by molar-refractivity contribution is -0.137. The Morgan fingerprint density at radius 2 is 1.90 bits per heavy atom. The van der Waals surface area contributed by atoms with E-state index in [0.717, 1.165) is 17.7 Å². The summed E-state index contributed by atoms with van der Waals surface area (Å²) in [6.07, 6.45) is -1.26. The maximum atomic E-state index is 12.9. The van der Waals surface area contributed by atoms with E-state index in [4.69, 9.17) is 0 Å². The van der Waals surface area contributed by atoms with Gasteiger partial charge in [0, 0.05) is 24.5 Å². The average molecular weight is 281 g/mol. The molecule has 2 aromatic rings. The minimum absolute atomic E-state index is 0.207. The zero-order valence-electron chi connectivity index (χ0n) is 11.1. The van der Waals surface area contributed by atoms with Gasteiger partial charge in [0.25, 0.3) is 0 Å². The lowest BCUT2D eigenvalue weighted by atomic mass is 10.1. The first-order chi connectivity index (χ1) is 9.40. The monoisotopic (exact) mass is 281 g/mol. The number of anilines is 1. The molecule has 106 valence electrons. The van der Waals surface area contributed by atoms with Crippen LogP contribution >= 0.6 is 0 Å². The Kier molecular flexibility index (Phi) is 3.92. The van der Waals surface area contributed by atoms with E-state index in [1.54, 1.807) is 19.2 Å². The van der Waals surface area contributed by atoms with Crippen LogP contribution in [0.15, 0.2) is 30.6 Å². The molecule has 0 saturated carbocycles. The second kappa shape index (κ2) is 5.48. The standard InChI is InChI=1S/C14H14F3N3/c1-3-19-13-6-11(14(15,16)17)5-12(20-13)10-4-9(2)7-18-8-10/h4-8H,3H2,1-2H3,(H,19,20). The summed E-state index contributed by atoms with van der Waals surface area (Å²) in [6, 6.07) is 3.80. The number of halogens is 3. The van der Waals surface area contributed by atoms with E-state index >= 15 is 0 Å². The highest BCUT2D eigenvalue weighted by atomic mass is 19.4. The summed E-state index contributed by atoms with van der Waals surface area (Å²) in [5, 5.41) is 2.81. The smallest absolute Gasteiger partial charge is 0.370 e. The van der Waals surface area contributed by atoms with Gasteiger partial charge in [-0.05, 0) is 37.6 Å². The zero-order valence-corrected chi connectivity index (χ0v) is 11.1. The Bertz CT molecular complexity index is 609. The first-order valence-corrected chi connectivity index (χ1v) is 6.15. The van der Waals surface area contributed by atoms with E-state index < -0.39 is 11.7 Å². The molecule has 0 unspecified atom stereocenters. The first-order valence-electron chi connectivity index (χ1n) is 6.15. The molecule has 0 saturated heterocycles. The number of hydrogen-bond acceptors (Lipinski definition) is 3. The van der Waals surface area contributed by atoms with Crippen molar-refractivity contribution in [1.29, 1.82) is 0 Å². The van der Waals surface area contributed by atoms with Crippen molar-refractivity contribution in [1.82, 2.24) is 9.97 Å². The van der Waals surface area contributed by atoms with Crippen molar-refractivity contribution in [2.75, 3.05) is 11.9 Å². The molecule has 0 aliphatic heterocycles. The third-order valence-electron chi connectivity index (χ3n) is 2.68. The van der Waals surface area contributed by atoms with Gasteiger partial charge in [-0.15, -0.1) is 0 Å². The van der Waals surface area contributed by atoms with Gasteiger partial charge in [-0.3, -0.25) is 4.98 Å². The molecule has 0 bridgehead atoms. The number of nitrogens with one attached hydrogen (secondary N) is 1. The topological polar surface area (TPSA) is 37.8 Å². The Labute approximate surface area is 114 Å². The molecule has 20 heavy (non-hydrogen) atoms. The molecule has 2 heterocycles. The Morgan fingerprint density at radius 1 is 1.15 bits per heavy atom. The molecule has 0 radical (unpaired) electrons. The minimum Gasteiger partial charge on any atom is -0.370 e. The fourth-order valence-electron chi connectivity index (χ4n) is 1.81. The molecule has 0 aromatic carbocycles. The molecule has 0 atom stereocenters. The summed E-state index contributed by atoms with van der Waals surface area (Å²) in [4.78, 5) is 8.18. The fraction of sp³-hybridized carbons (Fsp3) is 0.286. The van der Waals surface area contributed by atoms with Crippen molar-refractivity contribution >= 4 is 5.82 Å². The van der Waals surface area contributed by atoms with Crippen LogP contribution in [0.3, 0.4) is 0 Å². The zero-order chi connectivity index (χ0) is 14.8. The second-order valence-corrected chi connectivity index (χ2v) is 4.41. The van der Waals surface area contributed by atoms with Crippen LogP contribution in [-0.2, 0) is 6.18 Å². The third kappa shape index (κ3) is 3.26. The minimum atomic E-state index is -4.40. The van der Waals surface area contributed by atoms with Gasteiger partial charge in [0.15, 0.2) is 0 Å². The predicted molar refractivity (Wildman–Crippen MR) is 71.4 cm³/mol. The molecule has 0 spiro atoms. The lowest BCUT2D eigenvalue weighted by Gasteiger charge is -2.12. The van der Waals surface area contributed by atoms with Crippen LogP contribution in [0.2, 0.25) is 0 Å². The Morgan fingerprint density at radius 3 is 2.50 bits per heavy atom. The molecular weight excluding hydrogens is 267 g/mol. The van der Waals surface area contributed by atoms with Crippen molar-refractivity contribution in [2.45, 2.75) is 20.0 Å². The summed E-state index contributed by atoms with van der Waals surface area (Å²) < 4.78 is 38.7. The summed E-state index contributed by atoms with van der Waals surface area (Å²) in [7, 11) is 0. The Hall–Kier alpha value is -2.11. The number of pyridine rings is 2. The highest BCUT2D eigenvalue weighted by Crippen LogP contribution is 2.33. The normalized spacial score (nSPS) is 11.4. The van der Waals surface area contributed by atoms with Gasteiger partial charge in [0.05, 0.1) is 11.3 Å². The van der Waals surface area contributed by atoms with E-state index in [2.05, 4.69) is 15.3 Å². The number of hydrogen-bond donors (Lipinski definition) is 1. The highest BCUT2D eigenvalue weighted by Gasteiger charge is 2.31. The molecule has 0 amide bonds. The lowest BCUT2D eigenvalue weighted by Crippen LogP contribution is -2.08. The molecule has 2 aromatic heterocycles. The molecule has 0 aliphatic rings. The molecule has 3 nitrogen and oxygen atoms in total. The van der Waals surface area contributed by atoms with Gasteiger partial charge in [0.1, 0.15) is 5.82 Å². The number of nitrogens with zero attached hydrogens (tertiary/aromatic N) is 2. The molecule has 6 heteroatoms. The summed E-state index contributed by atoms with van der Waals surface area (Å²) in [5.74, 6) is 0.207. The second-order valence-electron chi connectivity index (χ2n) is 4.41. The van der Waals surface area contributed by atoms with E-state index in [-0.39, 0.29) is 11.5 Å². The number of rotatable bonds is 3. The van der Waals surface area contributed by atoms with Crippen molar-refractivity contribution < 1.29 is 13.2 Å². The summed E-state index contributed by atoms with van der Waals surface area (Å²) in [6.45, 7) is 4.13. The Balaban J connectivity index is 2.54. The average Bonchev–Trinajstić information content (AvgIpc) is 2.38. The van der Waals surface area contributed by atoms with Crippen molar-refractivity contribution in [2.24, 2.45) is 0 Å². The van der Waals surface area contributed by atoms with Crippen LogP contribution in [0.1, 0.15) is 18.1 Å². The van der Waals surface area contributed by atoms with Gasteiger partial charge in [0.2, 0.25) is 0 Å². The first kappa shape index (κ1) is 14.3. The largest absolute Gasteiger partial charge is 0.416 e. The van der Waals surface area contributed by atoms with Gasteiger partial charge in [-0.25, -0.2) is 4.98 Å². The number of aryl methyl sites for hydroxylation is 1. The van der Waals surface area contributed by atoms with Crippen molar-refractivity contribution in [3.63, 3.8) is 0 Å². The van der Waals surface area contributed by atoms with E-state index in [1.165, 1.54) is 6.20 Å². The van der Waals surface area contributed by atoms with Crippen LogP contribution in [-0.4, -0.2) is 16.5 Å². The van der Waals surface area contributed by atoms with Gasteiger partial charge in [-0.1, -0.05) is 0 Å². The maximum absolute atomic E-state index is 12.9. The number of aromatic nitrogens is 2. The van der Waals surface area contributed by atoms with E-state index in [1.807, 2.05) is 6.92 Å². The fourth-order valence-corrected chi connectivity index (χ4v) is 1.81. The van der Waals surface area contributed by atoms with Gasteiger partial charge >= 0.3 is 6.18 Å². The molecule has 2 rings (SSSR count). The van der Waals surface area contributed by atoms with Crippen LogP contribution in [0.5, 0.6) is 0 Å². The van der Waals surface area contributed by atoms with E-state index in [0.29, 0.717) is 12.1 Å². The van der Waals surface area contributed by atoms with Crippen molar-refractivity contribution in [3.8, 4) is 11.3 Å². The van der Waals surface area contributed by atoms with Crippen LogP contribution in [0.4, 0.5) is 19.0 Å². The summed E-state index contributed by atoms with van der Waals surface area (Å²) >= 11 is 0. The quantitative estimate of drug-likeness (QED) is 0.927. The van der Waals surface area contributed by atoms with Gasteiger partial charge < -0.3 is 5.32 Å². The molecule has 0 fully saturated rings. The third-order valence-corrected chi connectivity index (χ3v) is 2.68. The van der Waals surface area contributed by atoms with Crippen molar-refractivity contribution in [3.05, 3.63) is 41.7 Å². The highest BCUT2D eigenvalue weighted by molar-refractivity contribution is 5.62. The van der Waals surface area contributed by atoms with Crippen LogP contribution in [0, 0.1) is 6.92 Å². The SMILES string of the molecule is CCNc1cc(C(F)(F)F)cc(-c2cncc(C)c2)n1. The maximum Gasteiger partial charge on any atom is 0.416 e. The molecule has 0 aliphatic carbocycles. The van der Waals surface area contributed by atoms with Crippen LogP contribution in [0.25, 0.3) is 11.3 Å². The summed E-state index contributed by atoms with van der Waals surface area (Å²) in [5.41, 5.74) is 0.967. The van der Waals surface area contributed by atoms with Gasteiger partial charge in [-0.2, -0.15) is 13.2 Å². The molecular formula is C14H14F3N3.